The van der Waals surface area contributed by atoms with Crippen molar-refractivity contribution in [2.75, 3.05) is 50.1 Å². The van der Waals surface area contributed by atoms with Crippen molar-refractivity contribution in [1.29, 1.82) is 0 Å². The number of piperidine rings is 2. The van der Waals surface area contributed by atoms with Crippen LogP contribution in [0.3, 0.4) is 0 Å². The highest BCUT2D eigenvalue weighted by molar-refractivity contribution is 6.29. The van der Waals surface area contributed by atoms with E-state index in [1.165, 1.54) is 24.0 Å². The topological polar surface area (TPSA) is 96.1 Å². The number of nitrogens with one attached hydrogen (secondary N) is 2. The van der Waals surface area contributed by atoms with Crippen molar-refractivity contribution < 1.29 is 0 Å². The Hall–Kier alpha value is -4.22. The minimum absolute atomic E-state index is 0.284. The minimum Gasteiger partial charge on any atom is -0.354 e. The predicted molar refractivity (Wildman–Crippen MR) is 213 cm³/mol. The second-order valence-corrected chi connectivity index (χ2v) is 15.1. The fourth-order valence-corrected chi connectivity index (χ4v) is 8.19. The summed E-state index contributed by atoms with van der Waals surface area (Å²) in [5.74, 6) is 2.99. The zero-order valence-electron chi connectivity index (χ0n) is 30.4. The van der Waals surface area contributed by atoms with Crippen LogP contribution in [0.15, 0.2) is 85.2 Å². The van der Waals surface area contributed by atoms with Gasteiger partial charge in [-0.15, -0.1) is 0 Å². The van der Waals surface area contributed by atoms with Crippen LogP contribution in [0, 0.1) is 11.8 Å². The van der Waals surface area contributed by atoms with Gasteiger partial charge in [-0.25, -0.2) is 0 Å². The van der Waals surface area contributed by atoms with Crippen molar-refractivity contribution >= 4 is 56.9 Å². The highest BCUT2D eigenvalue weighted by atomic mass is 35.5. The van der Waals surface area contributed by atoms with Gasteiger partial charge in [0.2, 0.25) is 10.6 Å². The molecule has 2 aliphatic rings. The van der Waals surface area contributed by atoms with Crippen molar-refractivity contribution in [3.8, 4) is 0 Å². The second-order valence-electron chi connectivity index (χ2n) is 14.4. The van der Waals surface area contributed by atoms with Gasteiger partial charge in [0.15, 0.2) is 0 Å². The Morgan fingerprint density at radius 2 is 1.02 bits per heavy atom. The predicted octanol–water partition coefficient (Wildman–Crippen LogP) is 7.92. The molecule has 2 N–H and O–H groups in total. The maximum atomic E-state index is 6.16. The van der Waals surface area contributed by atoms with Crippen LogP contribution in [-0.4, -0.2) is 92.1 Å². The molecule has 12 heteroatoms. The Labute approximate surface area is 316 Å². The lowest BCUT2D eigenvalue weighted by Crippen LogP contribution is -2.50. The summed E-state index contributed by atoms with van der Waals surface area (Å²) in [7, 11) is 4.25. The van der Waals surface area contributed by atoms with Crippen LogP contribution in [0.4, 0.5) is 11.6 Å². The molecule has 0 radical (unpaired) electrons. The Kier molecular flexibility index (Phi) is 11.3. The summed E-state index contributed by atoms with van der Waals surface area (Å²) < 4.78 is 0. The average Bonchev–Trinajstić information content (AvgIpc) is 3.83. The number of benzene rings is 2. The Balaban J connectivity index is 0.000000162. The van der Waals surface area contributed by atoms with E-state index in [9.17, 15) is 0 Å². The number of likely N-dealkylation sites (tertiary alicyclic amines) is 2. The molecule has 0 spiro atoms. The first-order valence-corrected chi connectivity index (χ1v) is 19.0. The molecule has 2 fully saturated rings. The van der Waals surface area contributed by atoms with Gasteiger partial charge >= 0.3 is 0 Å². The molecule has 272 valence electrons. The molecule has 0 amide bonds. The summed E-state index contributed by atoms with van der Waals surface area (Å²) >= 11 is 12.3. The number of aromatic amines is 2. The minimum atomic E-state index is 0.284. The Morgan fingerprint density at radius 1 is 0.615 bits per heavy atom. The Bertz CT molecular complexity index is 1900. The molecule has 4 aromatic heterocycles. The van der Waals surface area contributed by atoms with Crippen LogP contribution in [0.5, 0.6) is 0 Å². The number of anilines is 2. The van der Waals surface area contributed by atoms with Gasteiger partial charge < -0.3 is 19.8 Å². The highest BCUT2D eigenvalue weighted by Gasteiger charge is 2.32. The fraction of sp³-hybridized carbons (Fsp3) is 0.400. The van der Waals surface area contributed by atoms with E-state index < -0.39 is 0 Å². The smallest absolute Gasteiger partial charge is 0.226 e. The van der Waals surface area contributed by atoms with E-state index >= 15 is 0 Å². The number of H-pyrrole nitrogens is 2. The van der Waals surface area contributed by atoms with E-state index in [1.54, 1.807) is 0 Å². The molecule has 0 bridgehead atoms. The molecule has 6 aromatic rings. The number of hydrogen-bond donors (Lipinski definition) is 2. The molecule has 0 unspecified atom stereocenters. The third-order valence-electron chi connectivity index (χ3n) is 10.9. The second kappa shape index (κ2) is 16.2. The van der Waals surface area contributed by atoms with Gasteiger partial charge in [-0.2, -0.15) is 19.9 Å². The monoisotopic (exact) mass is 738 g/mol. The summed E-state index contributed by atoms with van der Waals surface area (Å²) in [6, 6.07) is 26.2. The van der Waals surface area contributed by atoms with E-state index in [0.717, 1.165) is 73.0 Å². The third-order valence-corrected chi connectivity index (χ3v) is 11.2. The molecule has 52 heavy (non-hydrogen) atoms. The largest absolute Gasteiger partial charge is 0.354 e. The molecule has 8 rings (SSSR count). The van der Waals surface area contributed by atoms with Crippen molar-refractivity contribution in [3.05, 3.63) is 107 Å². The number of aromatic nitrogens is 6. The van der Waals surface area contributed by atoms with Crippen molar-refractivity contribution in [2.24, 2.45) is 11.8 Å². The summed E-state index contributed by atoms with van der Waals surface area (Å²) in [6.07, 6.45) is 6.13. The van der Waals surface area contributed by atoms with Crippen LogP contribution in [0.2, 0.25) is 10.6 Å². The number of rotatable bonds is 8. The van der Waals surface area contributed by atoms with Gasteiger partial charge in [0, 0.05) is 64.8 Å². The molecule has 2 aromatic carbocycles. The van der Waals surface area contributed by atoms with Crippen molar-refractivity contribution in [3.63, 3.8) is 0 Å². The lowest BCUT2D eigenvalue weighted by atomic mass is 9.92. The van der Waals surface area contributed by atoms with Gasteiger partial charge in [-0.05, 0) is 84.2 Å². The number of fused-ring (bicyclic) bond motifs is 2. The number of halogens is 2. The molecule has 10 nitrogen and oxygen atoms in total. The summed E-state index contributed by atoms with van der Waals surface area (Å²) in [5.41, 5.74) is 4.30. The summed E-state index contributed by atoms with van der Waals surface area (Å²) in [4.78, 5) is 33.5. The van der Waals surface area contributed by atoms with Crippen molar-refractivity contribution in [1.82, 2.24) is 39.7 Å². The SMILES string of the molecule is C[C@@H]1CCN(Cc2ccccc2)C[C@H]1N(C)c1nc(Cl)nc2[nH]ccc12.C[C@H]1CCN(Cc2ccccc2)C[C@@H]1N(C)c1nc(Cl)nc2[nH]ccc12. The molecular weight excluding hydrogens is 691 g/mol. The lowest BCUT2D eigenvalue weighted by Gasteiger charge is -2.42. The molecule has 0 aliphatic carbocycles. The molecule has 2 aliphatic heterocycles. The zero-order valence-corrected chi connectivity index (χ0v) is 31.9. The summed E-state index contributed by atoms with van der Waals surface area (Å²) in [6.45, 7) is 10.9. The molecule has 6 heterocycles. The first-order valence-electron chi connectivity index (χ1n) is 18.2. The van der Waals surface area contributed by atoms with E-state index in [2.05, 4.69) is 138 Å². The van der Waals surface area contributed by atoms with Gasteiger partial charge in [0.1, 0.15) is 22.9 Å². The van der Waals surface area contributed by atoms with Crippen LogP contribution in [0.1, 0.15) is 37.8 Å². The molecular formula is C40H48Cl2N10. The maximum Gasteiger partial charge on any atom is 0.226 e. The lowest BCUT2D eigenvalue weighted by molar-refractivity contribution is 0.159. The number of nitrogens with zero attached hydrogens (tertiary/aromatic N) is 8. The number of hydrogen-bond acceptors (Lipinski definition) is 8. The first-order chi connectivity index (χ1) is 25.2. The van der Waals surface area contributed by atoms with Crippen LogP contribution < -0.4 is 9.80 Å². The quantitative estimate of drug-likeness (QED) is 0.152. The van der Waals surface area contributed by atoms with Crippen LogP contribution in [-0.2, 0) is 13.1 Å². The van der Waals surface area contributed by atoms with Gasteiger partial charge in [0.25, 0.3) is 0 Å². The van der Waals surface area contributed by atoms with Crippen LogP contribution >= 0.6 is 23.2 Å². The zero-order chi connectivity index (χ0) is 36.2. The average molecular weight is 740 g/mol. The fourth-order valence-electron chi connectivity index (χ4n) is 7.86. The van der Waals surface area contributed by atoms with E-state index in [4.69, 9.17) is 23.2 Å². The molecule has 2 saturated heterocycles. The van der Waals surface area contributed by atoms with E-state index in [0.29, 0.717) is 23.9 Å². The maximum absolute atomic E-state index is 6.16. The third kappa shape index (κ3) is 8.20. The normalized spacial score (nSPS) is 21.2. The standard InChI is InChI=1S/2C20H24ClN5/c2*1-14-9-11-26(12-15-6-4-3-5-7-15)13-17(14)25(2)19-16-8-10-22-18(16)23-20(21)24-19/h2*3-8,10,14,17H,9,11-13H2,1-2H3,(H,22,23,24)/t2*14-,17-/m10/s1. The van der Waals surface area contributed by atoms with Crippen LogP contribution in [0.25, 0.3) is 22.1 Å². The molecule has 0 saturated carbocycles. The highest BCUT2D eigenvalue weighted by Crippen LogP contribution is 2.32. The Morgan fingerprint density at radius 3 is 1.42 bits per heavy atom. The number of likely N-dealkylation sites (N-methyl/N-ethyl adjacent to an activating group) is 2. The van der Waals surface area contributed by atoms with Gasteiger partial charge in [-0.1, -0.05) is 74.5 Å². The van der Waals surface area contributed by atoms with Crippen molar-refractivity contribution in [2.45, 2.75) is 51.9 Å². The van der Waals surface area contributed by atoms with Gasteiger partial charge in [-0.3, -0.25) is 9.80 Å². The molecule has 4 atom stereocenters. The van der Waals surface area contributed by atoms with E-state index in [-0.39, 0.29) is 10.6 Å². The summed E-state index contributed by atoms with van der Waals surface area (Å²) in [5, 5.41) is 2.60. The first kappa shape index (κ1) is 36.2. The van der Waals surface area contributed by atoms with E-state index in [1.807, 2.05) is 24.5 Å². The van der Waals surface area contributed by atoms with Gasteiger partial charge in [0.05, 0.1) is 10.8 Å².